The highest BCUT2D eigenvalue weighted by atomic mass is 79.9. The molecule has 2 atom stereocenters. The molecule has 3 nitrogen and oxygen atoms in total. The number of amides is 1. The number of hydrogen-bond acceptors (Lipinski definition) is 2. The number of benzene rings is 1. The van der Waals surface area contributed by atoms with Crippen LogP contribution in [0.25, 0.3) is 0 Å². The Bertz CT molecular complexity index is 479. The molecule has 1 aromatic carbocycles. The quantitative estimate of drug-likeness (QED) is 0.846. The Morgan fingerprint density at radius 2 is 2.37 bits per heavy atom. The zero-order valence-corrected chi connectivity index (χ0v) is 13.1. The summed E-state index contributed by atoms with van der Waals surface area (Å²) in [5, 5.41) is 9.89. The number of phenols is 1. The first-order valence-electron chi connectivity index (χ1n) is 6.42. The normalized spacial score (nSPS) is 20.6. The number of halogens is 2. The molecule has 1 fully saturated rings. The average molecular weight is 347 g/mol. The molecule has 0 aliphatic carbocycles. The fourth-order valence-electron chi connectivity index (χ4n) is 2.56. The minimum Gasteiger partial charge on any atom is -0.507 e. The molecule has 2 rings (SSSR count). The van der Waals surface area contributed by atoms with Gasteiger partial charge in [0, 0.05) is 22.4 Å². The first-order valence-corrected chi connectivity index (χ1v) is 7.65. The van der Waals surface area contributed by atoms with Crippen LogP contribution in [0.1, 0.15) is 36.5 Å². The second-order valence-corrected chi connectivity index (χ2v) is 6.63. The number of rotatable bonds is 3. The Labute approximate surface area is 126 Å². The molecule has 19 heavy (non-hydrogen) atoms. The Hall–Kier alpha value is -0.740. The number of nitrogens with zero attached hydrogens (tertiary/aromatic N) is 1. The molecular formula is C14H17BrClNO2. The van der Waals surface area contributed by atoms with Gasteiger partial charge in [0.1, 0.15) is 5.75 Å². The average Bonchev–Trinajstić information content (AvgIpc) is 2.78. The highest BCUT2D eigenvalue weighted by molar-refractivity contribution is 9.10. The highest BCUT2D eigenvalue weighted by Gasteiger charge is 2.31. The van der Waals surface area contributed by atoms with Crippen LogP contribution >= 0.6 is 27.5 Å². The lowest BCUT2D eigenvalue weighted by Crippen LogP contribution is -2.36. The van der Waals surface area contributed by atoms with Crippen LogP contribution < -0.4 is 0 Å². The number of aromatic hydroxyl groups is 1. The highest BCUT2D eigenvalue weighted by Crippen LogP contribution is 2.29. The summed E-state index contributed by atoms with van der Waals surface area (Å²) < 4.78 is 0.787. The Balaban J connectivity index is 2.20. The molecule has 104 valence electrons. The van der Waals surface area contributed by atoms with Crippen molar-refractivity contribution in [3.8, 4) is 5.75 Å². The van der Waals surface area contributed by atoms with E-state index >= 15 is 0 Å². The lowest BCUT2D eigenvalue weighted by Gasteiger charge is -2.26. The maximum absolute atomic E-state index is 12.5. The number of carbonyl (C=O) groups excluding carboxylic acids is 1. The van der Waals surface area contributed by atoms with E-state index in [0.29, 0.717) is 5.56 Å². The van der Waals surface area contributed by atoms with Crippen molar-refractivity contribution in [2.75, 3.05) is 6.54 Å². The summed E-state index contributed by atoms with van der Waals surface area (Å²) in [4.78, 5) is 14.3. The van der Waals surface area contributed by atoms with Crippen molar-refractivity contribution in [2.45, 2.75) is 37.6 Å². The first-order chi connectivity index (χ1) is 8.99. The molecular weight excluding hydrogens is 330 g/mol. The number of phenolic OH excluding ortho intramolecular Hbond substituents is 1. The van der Waals surface area contributed by atoms with Gasteiger partial charge in [0.2, 0.25) is 0 Å². The molecule has 1 saturated heterocycles. The van der Waals surface area contributed by atoms with Crippen LogP contribution in [-0.2, 0) is 0 Å². The smallest absolute Gasteiger partial charge is 0.257 e. The number of hydrogen-bond donors (Lipinski definition) is 1. The zero-order valence-electron chi connectivity index (χ0n) is 10.8. The van der Waals surface area contributed by atoms with Crippen LogP contribution in [0.3, 0.4) is 0 Å². The summed E-state index contributed by atoms with van der Waals surface area (Å²) in [6, 6.07) is 5.09. The lowest BCUT2D eigenvalue weighted by molar-refractivity contribution is 0.0727. The van der Waals surface area contributed by atoms with Crippen LogP contribution in [0, 0.1) is 0 Å². The second kappa shape index (κ2) is 6.14. The van der Waals surface area contributed by atoms with Crippen molar-refractivity contribution in [1.29, 1.82) is 0 Å². The third-order valence-electron chi connectivity index (χ3n) is 3.42. The monoisotopic (exact) mass is 345 g/mol. The minimum absolute atomic E-state index is 0.0257. The molecule has 1 heterocycles. The summed E-state index contributed by atoms with van der Waals surface area (Å²) in [5.41, 5.74) is 0.350. The van der Waals surface area contributed by atoms with E-state index in [-0.39, 0.29) is 23.1 Å². The molecule has 2 unspecified atom stereocenters. The van der Waals surface area contributed by atoms with E-state index in [0.717, 1.165) is 30.3 Å². The Morgan fingerprint density at radius 1 is 1.63 bits per heavy atom. The van der Waals surface area contributed by atoms with Gasteiger partial charge in [-0.3, -0.25) is 4.79 Å². The molecule has 0 spiro atoms. The summed E-state index contributed by atoms with van der Waals surface area (Å²) in [7, 11) is 0. The van der Waals surface area contributed by atoms with Gasteiger partial charge >= 0.3 is 0 Å². The van der Waals surface area contributed by atoms with Gasteiger partial charge in [0.15, 0.2) is 0 Å². The summed E-state index contributed by atoms with van der Waals surface area (Å²) in [6.45, 7) is 2.68. The number of carbonyl (C=O) groups is 1. The van der Waals surface area contributed by atoms with Gasteiger partial charge in [0.25, 0.3) is 5.91 Å². The van der Waals surface area contributed by atoms with Crippen molar-refractivity contribution in [2.24, 2.45) is 0 Å². The molecule has 0 saturated carbocycles. The minimum atomic E-state index is -0.112. The second-order valence-electron chi connectivity index (χ2n) is 4.97. The molecule has 5 heteroatoms. The first kappa shape index (κ1) is 14.7. The Morgan fingerprint density at radius 3 is 3.05 bits per heavy atom. The maximum atomic E-state index is 12.5. The topological polar surface area (TPSA) is 40.5 Å². The van der Waals surface area contributed by atoms with Crippen LogP contribution in [0.2, 0.25) is 0 Å². The van der Waals surface area contributed by atoms with E-state index in [1.807, 2.05) is 11.8 Å². The van der Waals surface area contributed by atoms with Gasteiger partial charge in [-0.25, -0.2) is 0 Å². The van der Waals surface area contributed by atoms with Gasteiger partial charge in [-0.1, -0.05) is 15.9 Å². The molecule has 1 aliphatic heterocycles. The number of alkyl halides is 1. The van der Waals surface area contributed by atoms with Crippen molar-refractivity contribution >= 4 is 33.4 Å². The SMILES string of the molecule is CC(Cl)CC1CCCN1C(=O)c1cc(Br)ccc1O. The van der Waals surface area contributed by atoms with Gasteiger partial charge in [-0.05, 0) is 44.4 Å². The Kier molecular flexibility index (Phi) is 4.74. The van der Waals surface area contributed by atoms with Gasteiger partial charge < -0.3 is 10.0 Å². The zero-order chi connectivity index (χ0) is 14.0. The van der Waals surface area contributed by atoms with Crippen molar-refractivity contribution in [3.05, 3.63) is 28.2 Å². The predicted molar refractivity (Wildman–Crippen MR) is 79.8 cm³/mol. The third-order valence-corrected chi connectivity index (χ3v) is 4.10. The molecule has 0 radical (unpaired) electrons. The van der Waals surface area contributed by atoms with Gasteiger partial charge in [-0.15, -0.1) is 11.6 Å². The molecule has 1 aliphatic rings. The van der Waals surface area contributed by atoms with E-state index in [1.165, 1.54) is 6.07 Å². The van der Waals surface area contributed by atoms with Crippen molar-refractivity contribution < 1.29 is 9.90 Å². The van der Waals surface area contributed by atoms with E-state index in [1.54, 1.807) is 12.1 Å². The largest absolute Gasteiger partial charge is 0.507 e. The van der Waals surface area contributed by atoms with E-state index in [9.17, 15) is 9.90 Å². The molecule has 1 N–H and O–H groups in total. The molecule has 1 amide bonds. The van der Waals surface area contributed by atoms with Crippen molar-refractivity contribution in [1.82, 2.24) is 4.90 Å². The van der Waals surface area contributed by atoms with E-state index in [2.05, 4.69) is 15.9 Å². The lowest BCUT2D eigenvalue weighted by atomic mass is 10.1. The summed E-state index contributed by atoms with van der Waals surface area (Å²) in [5.74, 6) is -0.0867. The number of likely N-dealkylation sites (tertiary alicyclic amines) is 1. The van der Waals surface area contributed by atoms with Crippen molar-refractivity contribution in [3.63, 3.8) is 0 Å². The van der Waals surface area contributed by atoms with Crippen LogP contribution in [-0.4, -0.2) is 33.9 Å². The van der Waals surface area contributed by atoms with E-state index in [4.69, 9.17) is 11.6 Å². The van der Waals surface area contributed by atoms with Crippen LogP contribution in [0.4, 0.5) is 0 Å². The summed E-state index contributed by atoms with van der Waals surface area (Å²) >= 11 is 9.36. The van der Waals surface area contributed by atoms with Gasteiger partial charge in [-0.2, -0.15) is 0 Å². The molecule has 1 aromatic rings. The van der Waals surface area contributed by atoms with E-state index < -0.39 is 0 Å². The maximum Gasteiger partial charge on any atom is 0.257 e. The van der Waals surface area contributed by atoms with Gasteiger partial charge in [0.05, 0.1) is 5.56 Å². The predicted octanol–water partition coefficient (Wildman–Crippen LogP) is 3.78. The summed E-state index contributed by atoms with van der Waals surface area (Å²) in [6.07, 6.45) is 2.77. The van der Waals surface area contributed by atoms with Crippen LogP contribution in [0.15, 0.2) is 22.7 Å². The standard InChI is InChI=1S/C14H17BrClNO2/c1-9(16)7-11-3-2-6-17(11)14(19)12-8-10(15)4-5-13(12)18/h4-5,8-9,11,18H,2-3,6-7H2,1H3. The molecule has 0 aromatic heterocycles. The van der Waals surface area contributed by atoms with Crippen LogP contribution in [0.5, 0.6) is 5.75 Å². The third kappa shape index (κ3) is 3.42. The molecule has 0 bridgehead atoms. The fraction of sp³-hybridized carbons (Fsp3) is 0.500. The fourth-order valence-corrected chi connectivity index (χ4v) is 3.12.